The monoisotopic (exact) mass is 324 g/mol. The topological polar surface area (TPSA) is 53.3 Å². The molecule has 0 fully saturated rings. The average Bonchev–Trinajstić information content (AvgIpc) is 2.80. The van der Waals surface area contributed by atoms with Gasteiger partial charge in [-0.3, -0.25) is 9.69 Å². The Hall–Kier alpha value is -2.87. The molecule has 4 nitrogen and oxygen atoms in total. The summed E-state index contributed by atoms with van der Waals surface area (Å²) >= 11 is 0. The highest BCUT2D eigenvalue weighted by Gasteiger charge is 2.39. The summed E-state index contributed by atoms with van der Waals surface area (Å²) in [6.07, 6.45) is 0. The number of rotatable bonds is 2. The van der Waals surface area contributed by atoms with Gasteiger partial charge in [-0.25, -0.2) is 4.39 Å². The van der Waals surface area contributed by atoms with Crippen LogP contribution in [0.3, 0.4) is 0 Å². The second-order valence-corrected chi connectivity index (χ2v) is 6.62. The fraction of sp³-hybridized carbons (Fsp3) is 0.263. The van der Waals surface area contributed by atoms with Gasteiger partial charge in [0.15, 0.2) is 6.04 Å². The van der Waals surface area contributed by atoms with Crippen LogP contribution in [-0.4, -0.2) is 11.5 Å². The van der Waals surface area contributed by atoms with E-state index in [1.165, 1.54) is 17.0 Å². The molecule has 0 spiro atoms. The first-order valence-corrected chi connectivity index (χ1v) is 7.62. The molecule has 1 heterocycles. The van der Waals surface area contributed by atoms with Crippen molar-refractivity contribution in [2.24, 2.45) is 0 Å². The highest BCUT2D eigenvalue weighted by Crippen LogP contribution is 2.38. The van der Waals surface area contributed by atoms with Crippen LogP contribution in [-0.2, 0) is 0 Å². The Labute approximate surface area is 140 Å². The number of nitriles is 1. The third kappa shape index (κ3) is 2.71. The third-order valence-corrected chi connectivity index (χ3v) is 3.69. The van der Waals surface area contributed by atoms with E-state index in [1.54, 1.807) is 30.3 Å². The van der Waals surface area contributed by atoms with Crippen molar-refractivity contribution in [1.29, 1.82) is 5.26 Å². The maximum Gasteiger partial charge on any atom is 0.263 e. The Morgan fingerprint density at radius 3 is 2.42 bits per heavy atom. The summed E-state index contributed by atoms with van der Waals surface area (Å²) in [6.45, 7) is 5.82. The Morgan fingerprint density at radius 1 is 1.17 bits per heavy atom. The van der Waals surface area contributed by atoms with Gasteiger partial charge in [0.25, 0.3) is 5.91 Å². The van der Waals surface area contributed by atoms with Crippen LogP contribution in [0.1, 0.15) is 42.7 Å². The van der Waals surface area contributed by atoms with Gasteiger partial charge in [-0.2, -0.15) is 5.26 Å². The lowest BCUT2D eigenvalue weighted by molar-refractivity contribution is 0.0990. The fourth-order valence-electron chi connectivity index (χ4n) is 2.79. The molecule has 0 saturated carbocycles. The maximum absolute atomic E-state index is 14.0. The zero-order chi connectivity index (χ0) is 17.5. The lowest BCUT2D eigenvalue weighted by Crippen LogP contribution is -2.27. The van der Waals surface area contributed by atoms with E-state index in [0.29, 0.717) is 17.0 Å². The van der Waals surface area contributed by atoms with E-state index in [2.05, 4.69) is 6.07 Å². The molecule has 1 aliphatic rings. The SMILES string of the molecule is CC(C)(C)Oc1ccc(N2C(=O)c3c(F)cccc3C2C#N)cc1. The molecule has 0 aromatic heterocycles. The number of ether oxygens (including phenoxy) is 1. The minimum atomic E-state index is -0.836. The van der Waals surface area contributed by atoms with Crippen LogP contribution >= 0.6 is 0 Å². The van der Waals surface area contributed by atoms with E-state index < -0.39 is 17.8 Å². The number of carbonyl (C=O) groups is 1. The quantitative estimate of drug-likeness (QED) is 0.831. The van der Waals surface area contributed by atoms with Crippen LogP contribution in [0.4, 0.5) is 10.1 Å². The predicted octanol–water partition coefficient (Wildman–Crippen LogP) is 4.23. The van der Waals surface area contributed by atoms with Crippen LogP contribution < -0.4 is 9.64 Å². The van der Waals surface area contributed by atoms with Crippen molar-refractivity contribution in [1.82, 2.24) is 0 Å². The predicted molar refractivity (Wildman–Crippen MR) is 88.4 cm³/mol. The van der Waals surface area contributed by atoms with Crippen molar-refractivity contribution in [2.45, 2.75) is 32.4 Å². The van der Waals surface area contributed by atoms with Gasteiger partial charge in [0.1, 0.15) is 17.2 Å². The smallest absolute Gasteiger partial charge is 0.263 e. The summed E-state index contributed by atoms with van der Waals surface area (Å²) in [5, 5.41) is 9.47. The largest absolute Gasteiger partial charge is 0.488 e. The number of fused-ring (bicyclic) bond motifs is 1. The zero-order valence-electron chi connectivity index (χ0n) is 13.7. The molecule has 0 N–H and O–H groups in total. The van der Waals surface area contributed by atoms with Gasteiger partial charge in [0.2, 0.25) is 0 Å². The number of hydrogen-bond acceptors (Lipinski definition) is 3. The summed E-state index contributed by atoms with van der Waals surface area (Å²) in [5.74, 6) is -0.442. The second-order valence-electron chi connectivity index (χ2n) is 6.62. The molecule has 1 atom stereocenters. The molecule has 0 saturated heterocycles. The van der Waals surface area contributed by atoms with Gasteiger partial charge in [-0.15, -0.1) is 0 Å². The second kappa shape index (κ2) is 5.64. The lowest BCUT2D eigenvalue weighted by atomic mass is 10.1. The van der Waals surface area contributed by atoms with Crippen molar-refractivity contribution in [3.63, 3.8) is 0 Å². The van der Waals surface area contributed by atoms with Crippen LogP contribution in [0.5, 0.6) is 5.75 Å². The van der Waals surface area contributed by atoms with E-state index >= 15 is 0 Å². The van der Waals surface area contributed by atoms with Gasteiger partial charge in [-0.05, 0) is 51.1 Å². The van der Waals surface area contributed by atoms with Crippen molar-refractivity contribution in [3.05, 3.63) is 59.4 Å². The molecule has 0 bridgehead atoms. The number of carbonyl (C=O) groups excluding carboxylic acids is 1. The molecule has 2 aromatic carbocycles. The molecular formula is C19H17FN2O2. The van der Waals surface area contributed by atoms with Crippen molar-refractivity contribution >= 4 is 11.6 Å². The van der Waals surface area contributed by atoms with Crippen LogP contribution in [0.15, 0.2) is 42.5 Å². The van der Waals surface area contributed by atoms with Gasteiger partial charge in [0.05, 0.1) is 11.6 Å². The average molecular weight is 324 g/mol. The Bertz CT molecular complexity index is 832. The maximum atomic E-state index is 14.0. The number of benzene rings is 2. The molecule has 2 aromatic rings. The Kier molecular flexibility index (Phi) is 3.76. The van der Waals surface area contributed by atoms with Crippen molar-refractivity contribution in [3.8, 4) is 11.8 Å². The Balaban J connectivity index is 1.97. The minimum absolute atomic E-state index is 0.0286. The third-order valence-electron chi connectivity index (χ3n) is 3.69. The molecule has 5 heteroatoms. The molecule has 122 valence electrons. The summed E-state index contributed by atoms with van der Waals surface area (Å²) < 4.78 is 19.8. The van der Waals surface area contributed by atoms with E-state index in [0.717, 1.165) is 0 Å². The lowest BCUT2D eigenvalue weighted by Gasteiger charge is -2.23. The van der Waals surface area contributed by atoms with Gasteiger partial charge >= 0.3 is 0 Å². The summed E-state index contributed by atoms with van der Waals surface area (Å²) in [4.78, 5) is 13.9. The first-order valence-electron chi connectivity index (χ1n) is 7.62. The van der Waals surface area contributed by atoms with Gasteiger partial charge < -0.3 is 4.74 Å². The molecule has 0 aliphatic carbocycles. The molecule has 24 heavy (non-hydrogen) atoms. The number of nitrogens with zero attached hydrogens (tertiary/aromatic N) is 2. The summed E-state index contributed by atoms with van der Waals surface area (Å²) in [7, 11) is 0. The number of hydrogen-bond donors (Lipinski definition) is 0. The first-order chi connectivity index (χ1) is 11.3. The van der Waals surface area contributed by atoms with Crippen molar-refractivity contribution in [2.75, 3.05) is 4.90 Å². The van der Waals surface area contributed by atoms with Crippen LogP contribution in [0.25, 0.3) is 0 Å². The molecule has 1 unspecified atom stereocenters. The van der Waals surface area contributed by atoms with Crippen LogP contribution in [0, 0.1) is 17.1 Å². The van der Waals surface area contributed by atoms with E-state index in [-0.39, 0.29) is 11.2 Å². The number of amides is 1. The summed E-state index contributed by atoms with van der Waals surface area (Å²) in [6, 6.07) is 12.5. The van der Waals surface area contributed by atoms with Crippen molar-refractivity contribution < 1.29 is 13.9 Å². The minimum Gasteiger partial charge on any atom is -0.488 e. The van der Waals surface area contributed by atoms with E-state index in [4.69, 9.17) is 4.74 Å². The standard InChI is InChI=1S/C19H17FN2O2/c1-19(2,3)24-13-9-7-12(8-10-13)22-16(11-21)14-5-4-6-15(20)17(14)18(22)23/h4-10,16H,1-3H3. The van der Waals surface area contributed by atoms with Gasteiger partial charge in [0, 0.05) is 11.3 Å². The highest BCUT2D eigenvalue weighted by atomic mass is 19.1. The number of halogens is 1. The number of anilines is 1. The van der Waals surface area contributed by atoms with E-state index in [9.17, 15) is 14.4 Å². The Morgan fingerprint density at radius 2 is 1.83 bits per heavy atom. The van der Waals surface area contributed by atoms with Crippen LogP contribution in [0.2, 0.25) is 0 Å². The first kappa shape index (κ1) is 16.0. The summed E-state index contributed by atoms with van der Waals surface area (Å²) in [5.41, 5.74) is 0.569. The van der Waals surface area contributed by atoms with Gasteiger partial charge in [-0.1, -0.05) is 12.1 Å². The molecule has 1 aliphatic heterocycles. The molecular weight excluding hydrogens is 307 g/mol. The molecule has 1 amide bonds. The fourth-order valence-corrected chi connectivity index (χ4v) is 2.79. The molecule has 3 rings (SSSR count). The zero-order valence-corrected chi connectivity index (χ0v) is 13.7. The normalized spacial score (nSPS) is 16.7. The molecule has 0 radical (unpaired) electrons. The highest BCUT2D eigenvalue weighted by molar-refractivity contribution is 6.11. The van der Waals surface area contributed by atoms with E-state index in [1.807, 2.05) is 20.8 Å².